The lowest BCUT2D eigenvalue weighted by Crippen LogP contribution is -2.44. The van der Waals surface area contributed by atoms with Crippen LogP contribution in [0.25, 0.3) is 0 Å². The highest BCUT2D eigenvalue weighted by Crippen LogP contribution is 2.43. The van der Waals surface area contributed by atoms with Gasteiger partial charge in [0.05, 0.1) is 0 Å². The number of hydrogen-bond donors (Lipinski definition) is 2. The van der Waals surface area contributed by atoms with Crippen LogP contribution in [0.4, 0.5) is 0 Å². The Kier molecular flexibility index (Phi) is 5.50. The van der Waals surface area contributed by atoms with Gasteiger partial charge in [-0.3, -0.25) is 0 Å². The summed E-state index contributed by atoms with van der Waals surface area (Å²) >= 11 is 0. The van der Waals surface area contributed by atoms with Crippen molar-refractivity contribution in [3.8, 4) is 0 Å². The van der Waals surface area contributed by atoms with Crippen molar-refractivity contribution in [1.82, 2.24) is 10.6 Å². The zero-order valence-corrected chi connectivity index (χ0v) is 12.4. The smallest absolute Gasteiger partial charge is 0.00817 e. The van der Waals surface area contributed by atoms with Crippen molar-refractivity contribution in [3.63, 3.8) is 0 Å². The topological polar surface area (TPSA) is 24.1 Å². The molecular formula is C16H32N2. The fraction of sp³-hybridized carbons (Fsp3) is 1.00. The Hall–Kier alpha value is -0.0800. The Labute approximate surface area is 113 Å². The molecule has 2 heteroatoms. The van der Waals surface area contributed by atoms with Crippen LogP contribution in [0.1, 0.15) is 71.6 Å². The van der Waals surface area contributed by atoms with Gasteiger partial charge in [-0.25, -0.2) is 0 Å². The predicted molar refractivity (Wildman–Crippen MR) is 78.9 cm³/mol. The van der Waals surface area contributed by atoms with Gasteiger partial charge in [0.1, 0.15) is 0 Å². The summed E-state index contributed by atoms with van der Waals surface area (Å²) in [5.74, 6) is 0. The van der Waals surface area contributed by atoms with E-state index in [1.54, 1.807) is 0 Å². The molecule has 2 fully saturated rings. The number of rotatable bonds is 6. The highest BCUT2D eigenvalue weighted by molar-refractivity contribution is 4.89. The molecule has 0 aromatic rings. The minimum absolute atomic E-state index is 0.658. The van der Waals surface area contributed by atoms with Crippen molar-refractivity contribution >= 4 is 0 Å². The van der Waals surface area contributed by atoms with Gasteiger partial charge in [0.15, 0.2) is 0 Å². The molecule has 1 saturated carbocycles. The molecular weight excluding hydrogens is 220 g/mol. The fourth-order valence-corrected chi connectivity index (χ4v) is 3.53. The third kappa shape index (κ3) is 3.96. The van der Waals surface area contributed by atoms with E-state index in [-0.39, 0.29) is 0 Å². The first-order chi connectivity index (χ1) is 8.74. The van der Waals surface area contributed by atoms with Crippen LogP contribution in [0, 0.1) is 5.41 Å². The molecule has 2 rings (SSSR count). The molecule has 0 aromatic carbocycles. The molecule has 1 saturated heterocycles. The Morgan fingerprint density at radius 3 is 2.72 bits per heavy atom. The molecule has 0 aromatic heterocycles. The molecule has 1 aliphatic heterocycles. The summed E-state index contributed by atoms with van der Waals surface area (Å²) in [6, 6.07) is 1.43. The van der Waals surface area contributed by atoms with Crippen molar-refractivity contribution in [1.29, 1.82) is 0 Å². The maximum absolute atomic E-state index is 3.80. The van der Waals surface area contributed by atoms with Crippen LogP contribution in [-0.4, -0.2) is 25.2 Å². The molecule has 1 aliphatic carbocycles. The van der Waals surface area contributed by atoms with E-state index in [1.807, 2.05) is 0 Å². The second-order valence-corrected chi connectivity index (χ2v) is 6.73. The first kappa shape index (κ1) is 14.3. The van der Waals surface area contributed by atoms with E-state index in [0.717, 1.165) is 6.04 Å². The Morgan fingerprint density at radius 1 is 1.22 bits per heavy atom. The van der Waals surface area contributed by atoms with Crippen molar-refractivity contribution in [2.75, 3.05) is 13.1 Å². The minimum atomic E-state index is 0.658. The van der Waals surface area contributed by atoms with Crippen molar-refractivity contribution < 1.29 is 0 Å². The standard InChI is InChI=1S/C16H32N2/c1-3-16(9-7-10-16)13-18-14(2)12-15-8-5-4-6-11-17-15/h14-15,17-18H,3-13H2,1-2H3. The van der Waals surface area contributed by atoms with E-state index >= 15 is 0 Å². The molecule has 0 spiro atoms. The Balaban J connectivity index is 1.66. The molecule has 0 bridgehead atoms. The average molecular weight is 252 g/mol. The molecule has 2 aliphatic rings. The summed E-state index contributed by atoms with van der Waals surface area (Å²) in [6.07, 6.45) is 12.6. The van der Waals surface area contributed by atoms with E-state index in [1.165, 1.54) is 70.9 Å². The summed E-state index contributed by atoms with van der Waals surface area (Å²) < 4.78 is 0. The Bertz CT molecular complexity index is 222. The zero-order valence-electron chi connectivity index (χ0n) is 12.4. The van der Waals surface area contributed by atoms with Gasteiger partial charge in [-0.15, -0.1) is 0 Å². The third-order valence-corrected chi connectivity index (χ3v) is 5.29. The van der Waals surface area contributed by atoms with Crippen LogP contribution >= 0.6 is 0 Å². The lowest BCUT2D eigenvalue weighted by Gasteiger charge is -2.42. The summed E-state index contributed by atoms with van der Waals surface area (Å²) in [6.45, 7) is 7.21. The molecule has 2 atom stereocenters. The van der Waals surface area contributed by atoms with Gasteiger partial charge in [-0.05, 0) is 57.4 Å². The third-order valence-electron chi connectivity index (χ3n) is 5.29. The lowest BCUT2D eigenvalue weighted by atomic mass is 9.67. The first-order valence-corrected chi connectivity index (χ1v) is 8.21. The normalized spacial score (nSPS) is 29.3. The molecule has 0 radical (unpaired) electrons. The summed E-state index contributed by atoms with van der Waals surface area (Å²) in [7, 11) is 0. The van der Waals surface area contributed by atoms with E-state index in [2.05, 4.69) is 24.5 Å². The SMILES string of the molecule is CCC1(CNC(C)CC2CCCCCN2)CCC1. The van der Waals surface area contributed by atoms with Crippen LogP contribution in [0.5, 0.6) is 0 Å². The van der Waals surface area contributed by atoms with Gasteiger partial charge in [-0.2, -0.15) is 0 Å². The Morgan fingerprint density at radius 2 is 2.06 bits per heavy atom. The highest BCUT2D eigenvalue weighted by atomic mass is 15.0. The molecule has 106 valence electrons. The van der Waals surface area contributed by atoms with Crippen molar-refractivity contribution in [3.05, 3.63) is 0 Å². The van der Waals surface area contributed by atoms with Crippen LogP contribution in [-0.2, 0) is 0 Å². The lowest BCUT2D eigenvalue weighted by molar-refractivity contribution is 0.118. The molecule has 2 nitrogen and oxygen atoms in total. The fourth-order valence-electron chi connectivity index (χ4n) is 3.53. The second kappa shape index (κ2) is 6.91. The zero-order chi connectivity index (χ0) is 12.8. The summed E-state index contributed by atoms with van der Waals surface area (Å²) in [5.41, 5.74) is 0.658. The maximum Gasteiger partial charge on any atom is 0.00817 e. The second-order valence-electron chi connectivity index (χ2n) is 6.73. The molecule has 1 heterocycles. The van der Waals surface area contributed by atoms with Crippen LogP contribution in [0.3, 0.4) is 0 Å². The van der Waals surface area contributed by atoms with Gasteiger partial charge in [0.2, 0.25) is 0 Å². The van der Waals surface area contributed by atoms with Crippen LogP contribution in [0.15, 0.2) is 0 Å². The number of hydrogen-bond acceptors (Lipinski definition) is 2. The van der Waals surface area contributed by atoms with Gasteiger partial charge >= 0.3 is 0 Å². The summed E-state index contributed by atoms with van der Waals surface area (Å²) in [4.78, 5) is 0. The minimum Gasteiger partial charge on any atom is -0.314 e. The monoisotopic (exact) mass is 252 g/mol. The molecule has 18 heavy (non-hydrogen) atoms. The van der Waals surface area contributed by atoms with E-state index in [9.17, 15) is 0 Å². The number of nitrogens with one attached hydrogen (secondary N) is 2. The summed E-state index contributed by atoms with van der Waals surface area (Å²) in [5, 5.41) is 7.52. The van der Waals surface area contributed by atoms with E-state index < -0.39 is 0 Å². The van der Waals surface area contributed by atoms with Gasteiger partial charge in [-0.1, -0.05) is 26.2 Å². The van der Waals surface area contributed by atoms with Gasteiger partial charge in [0, 0.05) is 18.6 Å². The van der Waals surface area contributed by atoms with Crippen LogP contribution in [0.2, 0.25) is 0 Å². The molecule has 2 unspecified atom stereocenters. The van der Waals surface area contributed by atoms with E-state index in [0.29, 0.717) is 11.5 Å². The van der Waals surface area contributed by atoms with Crippen LogP contribution < -0.4 is 10.6 Å². The van der Waals surface area contributed by atoms with Crippen molar-refractivity contribution in [2.45, 2.75) is 83.7 Å². The molecule has 2 N–H and O–H groups in total. The van der Waals surface area contributed by atoms with Gasteiger partial charge < -0.3 is 10.6 Å². The highest BCUT2D eigenvalue weighted by Gasteiger charge is 2.34. The van der Waals surface area contributed by atoms with E-state index in [4.69, 9.17) is 0 Å². The quantitative estimate of drug-likeness (QED) is 0.756. The average Bonchev–Trinajstić information content (AvgIpc) is 2.57. The van der Waals surface area contributed by atoms with Crippen molar-refractivity contribution in [2.24, 2.45) is 5.41 Å². The van der Waals surface area contributed by atoms with Gasteiger partial charge in [0.25, 0.3) is 0 Å². The largest absolute Gasteiger partial charge is 0.314 e. The molecule has 0 amide bonds. The predicted octanol–water partition coefficient (Wildman–Crippen LogP) is 3.47. The first-order valence-electron chi connectivity index (χ1n) is 8.21. The maximum atomic E-state index is 3.80.